The van der Waals surface area contributed by atoms with E-state index in [-0.39, 0.29) is 5.91 Å². The second-order valence-electron chi connectivity index (χ2n) is 6.27. The monoisotopic (exact) mass is 436 g/mol. The zero-order chi connectivity index (χ0) is 20.8. The number of nitrogens with one attached hydrogen (secondary N) is 2. The largest absolute Gasteiger partial charge is 0.492 e. The van der Waals surface area contributed by atoms with Gasteiger partial charge in [-0.1, -0.05) is 60.3 Å². The molecule has 2 N–H and O–H groups in total. The number of thiophene rings is 1. The number of H-pyrrole nitrogens is 1. The van der Waals surface area contributed by atoms with E-state index in [2.05, 4.69) is 20.5 Å². The van der Waals surface area contributed by atoms with Crippen LogP contribution in [-0.4, -0.2) is 27.7 Å². The van der Waals surface area contributed by atoms with E-state index in [1.807, 2.05) is 79.0 Å². The fourth-order valence-corrected chi connectivity index (χ4v) is 4.45. The van der Waals surface area contributed by atoms with Crippen molar-refractivity contribution >= 4 is 34.7 Å². The lowest BCUT2D eigenvalue weighted by molar-refractivity contribution is -0.115. The standard InChI is InChI=1S/C22H20N4O2S2/c1-2-28-17-12-7-6-11-16(17)23-21(27)19(15-9-4-3-5-10-15)30-22-24-20(25-26-22)18-13-8-14-29-18/h3-14,19H,2H2,1H3,(H,23,27)(H,24,25,26)/t19-/m1/s1. The van der Waals surface area contributed by atoms with E-state index in [9.17, 15) is 4.79 Å². The number of aromatic nitrogens is 3. The van der Waals surface area contributed by atoms with Crippen LogP contribution in [0.1, 0.15) is 17.7 Å². The van der Waals surface area contributed by atoms with Gasteiger partial charge >= 0.3 is 0 Å². The summed E-state index contributed by atoms with van der Waals surface area (Å²) < 4.78 is 5.64. The second-order valence-corrected chi connectivity index (χ2v) is 8.29. The van der Waals surface area contributed by atoms with Gasteiger partial charge in [0, 0.05) is 0 Å². The maximum atomic E-state index is 13.3. The first-order valence-electron chi connectivity index (χ1n) is 9.45. The van der Waals surface area contributed by atoms with Crippen LogP contribution in [0.3, 0.4) is 0 Å². The van der Waals surface area contributed by atoms with Gasteiger partial charge in [-0.05, 0) is 36.1 Å². The number of hydrogen-bond acceptors (Lipinski definition) is 6. The number of aromatic amines is 1. The molecule has 0 saturated carbocycles. The first-order chi connectivity index (χ1) is 14.7. The van der Waals surface area contributed by atoms with Crippen LogP contribution in [0.4, 0.5) is 5.69 Å². The van der Waals surface area contributed by atoms with E-state index in [1.165, 1.54) is 11.8 Å². The van der Waals surface area contributed by atoms with Gasteiger partial charge in [-0.2, -0.15) is 0 Å². The van der Waals surface area contributed by atoms with Crippen molar-refractivity contribution in [1.29, 1.82) is 0 Å². The smallest absolute Gasteiger partial charge is 0.242 e. The summed E-state index contributed by atoms with van der Waals surface area (Å²) in [6.45, 7) is 2.43. The van der Waals surface area contributed by atoms with Gasteiger partial charge in [0.05, 0.1) is 17.2 Å². The molecule has 2 aromatic carbocycles. The summed E-state index contributed by atoms with van der Waals surface area (Å²) in [6.07, 6.45) is 0. The highest BCUT2D eigenvalue weighted by Crippen LogP contribution is 2.36. The summed E-state index contributed by atoms with van der Waals surface area (Å²) in [5.41, 5.74) is 1.51. The van der Waals surface area contributed by atoms with Gasteiger partial charge in [-0.25, -0.2) is 4.98 Å². The van der Waals surface area contributed by atoms with Crippen LogP contribution in [0, 0.1) is 0 Å². The summed E-state index contributed by atoms with van der Waals surface area (Å²) in [4.78, 5) is 18.8. The van der Waals surface area contributed by atoms with E-state index in [1.54, 1.807) is 11.3 Å². The molecule has 4 rings (SSSR count). The SMILES string of the molecule is CCOc1ccccc1NC(=O)[C@H](Sc1n[nH]c(-c2cccs2)n1)c1ccccc1. The predicted octanol–water partition coefficient (Wildman–Crippen LogP) is 5.40. The lowest BCUT2D eigenvalue weighted by Gasteiger charge is -2.17. The van der Waals surface area contributed by atoms with E-state index in [4.69, 9.17) is 4.74 Å². The minimum Gasteiger partial charge on any atom is -0.492 e. The van der Waals surface area contributed by atoms with Crippen LogP contribution < -0.4 is 10.1 Å². The molecule has 30 heavy (non-hydrogen) atoms. The number of benzene rings is 2. The van der Waals surface area contributed by atoms with Crippen LogP contribution >= 0.6 is 23.1 Å². The van der Waals surface area contributed by atoms with Crippen molar-refractivity contribution in [2.24, 2.45) is 0 Å². The Hall–Kier alpha value is -3.10. The number of thioether (sulfide) groups is 1. The maximum absolute atomic E-state index is 13.3. The second kappa shape index (κ2) is 9.60. The number of rotatable bonds is 8. The van der Waals surface area contributed by atoms with Gasteiger partial charge in [-0.15, -0.1) is 16.4 Å². The Morgan fingerprint density at radius 1 is 1.13 bits per heavy atom. The first kappa shape index (κ1) is 20.2. The van der Waals surface area contributed by atoms with Crippen LogP contribution in [0.5, 0.6) is 5.75 Å². The van der Waals surface area contributed by atoms with Gasteiger partial charge in [-0.3, -0.25) is 9.89 Å². The van der Waals surface area contributed by atoms with Crippen LogP contribution in [0.2, 0.25) is 0 Å². The Balaban J connectivity index is 1.58. The van der Waals surface area contributed by atoms with Gasteiger partial charge < -0.3 is 10.1 Å². The highest BCUT2D eigenvalue weighted by molar-refractivity contribution is 8.00. The molecule has 8 heteroatoms. The van der Waals surface area contributed by atoms with E-state index in [0.29, 0.717) is 29.0 Å². The van der Waals surface area contributed by atoms with Crippen LogP contribution in [0.25, 0.3) is 10.7 Å². The number of amides is 1. The molecule has 1 amide bonds. The molecule has 6 nitrogen and oxygen atoms in total. The zero-order valence-corrected chi connectivity index (χ0v) is 17.9. The Labute approximate surface area is 182 Å². The van der Waals surface area contributed by atoms with Crippen molar-refractivity contribution in [3.8, 4) is 16.5 Å². The van der Waals surface area contributed by atoms with Gasteiger partial charge in [0.2, 0.25) is 11.1 Å². The molecule has 1 atom stereocenters. The number of anilines is 1. The number of nitrogens with zero attached hydrogens (tertiary/aromatic N) is 2. The molecular formula is C22H20N4O2S2. The predicted molar refractivity (Wildman–Crippen MR) is 121 cm³/mol. The highest BCUT2D eigenvalue weighted by Gasteiger charge is 2.25. The molecule has 0 spiro atoms. The van der Waals surface area contributed by atoms with E-state index in [0.717, 1.165) is 10.4 Å². The number of carbonyl (C=O) groups is 1. The molecular weight excluding hydrogens is 416 g/mol. The number of para-hydroxylation sites is 2. The molecule has 0 unspecified atom stereocenters. The third-order valence-electron chi connectivity index (χ3n) is 4.23. The highest BCUT2D eigenvalue weighted by atomic mass is 32.2. The van der Waals surface area contributed by atoms with Crippen molar-refractivity contribution in [2.75, 3.05) is 11.9 Å². The Morgan fingerprint density at radius 2 is 1.93 bits per heavy atom. The van der Waals surface area contributed by atoms with E-state index < -0.39 is 5.25 Å². The lowest BCUT2D eigenvalue weighted by Crippen LogP contribution is -2.19. The molecule has 2 aromatic heterocycles. The van der Waals surface area contributed by atoms with Crippen molar-refractivity contribution < 1.29 is 9.53 Å². The molecule has 0 aliphatic heterocycles. The Kier molecular flexibility index (Phi) is 6.46. The summed E-state index contributed by atoms with van der Waals surface area (Å²) in [7, 11) is 0. The van der Waals surface area contributed by atoms with Crippen LogP contribution in [0.15, 0.2) is 77.3 Å². The average Bonchev–Trinajstić information content (AvgIpc) is 3.46. The van der Waals surface area contributed by atoms with Crippen molar-refractivity contribution in [2.45, 2.75) is 17.3 Å². The Morgan fingerprint density at radius 3 is 2.70 bits per heavy atom. The zero-order valence-electron chi connectivity index (χ0n) is 16.2. The number of ether oxygens (including phenoxy) is 1. The van der Waals surface area contributed by atoms with Crippen LogP contribution in [-0.2, 0) is 4.79 Å². The molecule has 4 aromatic rings. The third kappa shape index (κ3) is 4.72. The summed E-state index contributed by atoms with van der Waals surface area (Å²) in [6, 6.07) is 21.0. The fraction of sp³-hybridized carbons (Fsp3) is 0.136. The lowest BCUT2D eigenvalue weighted by atomic mass is 10.1. The Bertz CT molecular complexity index is 1100. The van der Waals surface area contributed by atoms with Crippen molar-refractivity contribution in [1.82, 2.24) is 15.2 Å². The average molecular weight is 437 g/mol. The quantitative estimate of drug-likeness (QED) is 0.361. The molecule has 0 aliphatic rings. The summed E-state index contributed by atoms with van der Waals surface area (Å²) >= 11 is 2.89. The first-order valence-corrected chi connectivity index (χ1v) is 11.2. The topological polar surface area (TPSA) is 79.9 Å². The van der Waals surface area contributed by atoms with Crippen molar-refractivity contribution in [3.63, 3.8) is 0 Å². The van der Waals surface area contributed by atoms with Gasteiger partial charge in [0.25, 0.3) is 0 Å². The van der Waals surface area contributed by atoms with Gasteiger partial charge in [0.1, 0.15) is 11.0 Å². The van der Waals surface area contributed by atoms with Crippen molar-refractivity contribution in [3.05, 3.63) is 77.7 Å². The molecule has 0 saturated heterocycles. The molecule has 0 radical (unpaired) electrons. The fourth-order valence-electron chi connectivity index (χ4n) is 2.88. The number of hydrogen-bond donors (Lipinski definition) is 2. The molecule has 0 aliphatic carbocycles. The normalized spacial score (nSPS) is 11.8. The third-order valence-corrected chi connectivity index (χ3v) is 6.22. The minimum atomic E-state index is -0.520. The molecule has 2 heterocycles. The maximum Gasteiger partial charge on any atom is 0.242 e. The summed E-state index contributed by atoms with van der Waals surface area (Å²) in [5, 5.41) is 12.2. The molecule has 152 valence electrons. The minimum absolute atomic E-state index is 0.166. The molecule has 0 fully saturated rings. The van der Waals surface area contributed by atoms with E-state index >= 15 is 0 Å². The number of carbonyl (C=O) groups excluding carboxylic acids is 1. The summed E-state index contributed by atoms with van der Waals surface area (Å²) in [5.74, 6) is 1.17. The molecule has 0 bridgehead atoms. The van der Waals surface area contributed by atoms with Gasteiger partial charge in [0.15, 0.2) is 5.82 Å².